The van der Waals surface area contributed by atoms with Crippen LogP contribution in [-0.2, 0) is 0 Å². The van der Waals surface area contributed by atoms with Crippen LogP contribution < -0.4 is 4.74 Å². The fourth-order valence-electron chi connectivity index (χ4n) is 1.71. The summed E-state index contributed by atoms with van der Waals surface area (Å²) in [5, 5.41) is 0.612. The maximum Gasteiger partial charge on any atom is 0.150 e. The molecular formula is C14H9Cl2FO2. The van der Waals surface area contributed by atoms with Crippen molar-refractivity contribution < 1.29 is 13.9 Å². The van der Waals surface area contributed by atoms with Crippen LogP contribution in [0.5, 0.6) is 5.75 Å². The van der Waals surface area contributed by atoms with Crippen LogP contribution in [0, 0.1) is 5.82 Å². The average molecular weight is 299 g/mol. The Balaban J connectivity index is 2.65. The molecule has 0 aliphatic carbocycles. The molecule has 98 valence electrons. The minimum absolute atomic E-state index is 0.221. The van der Waals surface area contributed by atoms with E-state index < -0.39 is 5.82 Å². The summed E-state index contributed by atoms with van der Waals surface area (Å²) in [6.45, 7) is 0. The highest BCUT2D eigenvalue weighted by Crippen LogP contribution is 2.37. The molecule has 0 aromatic heterocycles. The highest BCUT2D eigenvalue weighted by Gasteiger charge is 2.13. The third-order valence-electron chi connectivity index (χ3n) is 2.66. The highest BCUT2D eigenvalue weighted by molar-refractivity contribution is 6.36. The molecule has 0 bridgehead atoms. The van der Waals surface area contributed by atoms with Gasteiger partial charge >= 0.3 is 0 Å². The highest BCUT2D eigenvalue weighted by atomic mass is 35.5. The third kappa shape index (κ3) is 2.72. The fourth-order valence-corrected chi connectivity index (χ4v) is 2.21. The molecule has 0 heterocycles. The van der Waals surface area contributed by atoms with Gasteiger partial charge in [-0.25, -0.2) is 4.39 Å². The van der Waals surface area contributed by atoms with E-state index in [1.54, 1.807) is 0 Å². The fraction of sp³-hybridized carbons (Fsp3) is 0.0714. The number of ether oxygens (including phenoxy) is 1. The number of rotatable bonds is 3. The van der Waals surface area contributed by atoms with Crippen molar-refractivity contribution in [2.24, 2.45) is 0 Å². The lowest BCUT2D eigenvalue weighted by molar-refractivity contribution is 0.112. The summed E-state index contributed by atoms with van der Waals surface area (Å²) in [7, 11) is 1.46. The number of benzene rings is 2. The molecule has 0 saturated carbocycles. The first-order valence-electron chi connectivity index (χ1n) is 5.35. The summed E-state index contributed by atoms with van der Waals surface area (Å²) < 4.78 is 18.9. The van der Waals surface area contributed by atoms with Gasteiger partial charge in [-0.05, 0) is 24.3 Å². The maximum atomic E-state index is 13.8. The molecular weight excluding hydrogens is 290 g/mol. The number of methoxy groups -OCH3 is 1. The molecule has 0 spiro atoms. The van der Waals surface area contributed by atoms with E-state index in [4.69, 9.17) is 27.9 Å². The van der Waals surface area contributed by atoms with Crippen LogP contribution in [0.1, 0.15) is 10.4 Å². The molecule has 2 rings (SSSR count). The van der Waals surface area contributed by atoms with Gasteiger partial charge in [0, 0.05) is 22.8 Å². The van der Waals surface area contributed by atoms with Gasteiger partial charge in [0.2, 0.25) is 0 Å². The predicted octanol–water partition coefficient (Wildman–Crippen LogP) is 4.62. The zero-order valence-electron chi connectivity index (χ0n) is 9.91. The SMILES string of the molecule is COc1cc(Cl)c(-c2cc(C=O)ccc2F)cc1Cl. The molecule has 0 amide bonds. The monoisotopic (exact) mass is 298 g/mol. The molecule has 0 aliphatic heterocycles. The molecule has 0 N–H and O–H groups in total. The third-order valence-corrected chi connectivity index (χ3v) is 3.27. The Labute approximate surface area is 119 Å². The first kappa shape index (κ1) is 13.8. The van der Waals surface area contributed by atoms with Gasteiger partial charge in [-0.1, -0.05) is 23.2 Å². The van der Waals surface area contributed by atoms with E-state index >= 15 is 0 Å². The van der Waals surface area contributed by atoms with Crippen LogP contribution in [0.15, 0.2) is 30.3 Å². The van der Waals surface area contributed by atoms with Gasteiger partial charge in [-0.15, -0.1) is 0 Å². The van der Waals surface area contributed by atoms with Gasteiger partial charge < -0.3 is 4.74 Å². The largest absolute Gasteiger partial charge is 0.495 e. The Bertz CT molecular complexity index is 642. The lowest BCUT2D eigenvalue weighted by Crippen LogP contribution is -1.91. The lowest BCUT2D eigenvalue weighted by Gasteiger charge is -2.10. The van der Waals surface area contributed by atoms with E-state index in [0.29, 0.717) is 33.2 Å². The van der Waals surface area contributed by atoms with Crippen molar-refractivity contribution in [2.45, 2.75) is 0 Å². The van der Waals surface area contributed by atoms with Crippen LogP contribution in [0.3, 0.4) is 0 Å². The van der Waals surface area contributed by atoms with Crippen molar-refractivity contribution in [2.75, 3.05) is 7.11 Å². The summed E-state index contributed by atoms with van der Waals surface area (Å²) in [5.74, 6) is -0.0731. The second kappa shape index (κ2) is 5.59. The summed E-state index contributed by atoms with van der Waals surface area (Å²) in [4.78, 5) is 10.8. The number of hydrogen-bond donors (Lipinski definition) is 0. The smallest absolute Gasteiger partial charge is 0.150 e. The van der Waals surface area contributed by atoms with Gasteiger partial charge in [-0.2, -0.15) is 0 Å². The number of aldehydes is 1. The molecule has 0 fully saturated rings. The number of carbonyl (C=O) groups excluding carboxylic acids is 1. The average Bonchev–Trinajstić information content (AvgIpc) is 2.41. The van der Waals surface area contributed by atoms with Crippen molar-refractivity contribution in [3.05, 3.63) is 51.8 Å². The number of carbonyl (C=O) groups is 1. The van der Waals surface area contributed by atoms with E-state index in [1.165, 1.54) is 37.4 Å². The summed E-state index contributed by atoms with van der Waals surface area (Å²) in [6.07, 6.45) is 0.641. The van der Waals surface area contributed by atoms with Crippen LogP contribution in [-0.4, -0.2) is 13.4 Å². The summed E-state index contributed by atoms with van der Waals surface area (Å²) >= 11 is 12.1. The number of halogens is 3. The van der Waals surface area contributed by atoms with Crippen molar-refractivity contribution >= 4 is 29.5 Å². The normalized spacial score (nSPS) is 10.3. The Morgan fingerprint density at radius 3 is 2.47 bits per heavy atom. The Morgan fingerprint density at radius 1 is 1.11 bits per heavy atom. The quantitative estimate of drug-likeness (QED) is 0.773. The Kier molecular flexibility index (Phi) is 4.08. The van der Waals surface area contributed by atoms with Gasteiger partial charge in [0.15, 0.2) is 0 Å². The van der Waals surface area contributed by atoms with Crippen LogP contribution in [0.2, 0.25) is 10.0 Å². The van der Waals surface area contributed by atoms with Crippen molar-refractivity contribution in [1.29, 1.82) is 0 Å². The van der Waals surface area contributed by atoms with Crippen molar-refractivity contribution in [3.63, 3.8) is 0 Å². The molecule has 0 aliphatic rings. The lowest BCUT2D eigenvalue weighted by atomic mass is 10.0. The maximum absolute atomic E-state index is 13.8. The molecule has 0 atom stereocenters. The van der Waals surface area contributed by atoms with Crippen LogP contribution in [0.4, 0.5) is 4.39 Å². The molecule has 0 radical (unpaired) electrons. The van der Waals surface area contributed by atoms with Crippen molar-refractivity contribution in [1.82, 2.24) is 0 Å². The zero-order chi connectivity index (χ0) is 14.0. The standard InChI is InChI=1S/C14H9Cl2FO2/c1-19-14-6-11(15)9(5-12(14)16)10-4-8(7-18)2-3-13(10)17/h2-7H,1H3. The van der Waals surface area contributed by atoms with Crippen LogP contribution >= 0.6 is 23.2 Å². The van der Waals surface area contributed by atoms with Crippen molar-refractivity contribution in [3.8, 4) is 16.9 Å². The van der Waals surface area contributed by atoms with E-state index in [9.17, 15) is 9.18 Å². The molecule has 0 saturated heterocycles. The van der Waals surface area contributed by atoms with E-state index in [-0.39, 0.29) is 5.56 Å². The zero-order valence-corrected chi connectivity index (χ0v) is 11.4. The van der Waals surface area contributed by atoms with E-state index in [2.05, 4.69) is 0 Å². The second-order valence-electron chi connectivity index (χ2n) is 3.82. The minimum Gasteiger partial charge on any atom is -0.495 e. The van der Waals surface area contributed by atoms with E-state index in [0.717, 1.165) is 0 Å². The predicted molar refractivity (Wildman–Crippen MR) is 73.8 cm³/mol. The topological polar surface area (TPSA) is 26.3 Å². The first-order chi connectivity index (χ1) is 9.06. The molecule has 19 heavy (non-hydrogen) atoms. The van der Waals surface area contributed by atoms with Gasteiger partial charge in [0.25, 0.3) is 0 Å². The van der Waals surface area contributed by atoms with E-state index in [1.807, 2.05) is 0 Å². The van der Waals surface area contributed by atoms with Gasteiger partial charge in [0.05, 0.1) is 17.2 Å². The van der Waals surface area contributed by atoms with Gasteiger partial charge in [-0.3, -0.25) is 4.79 Å². The minimum atomic E-state index is -0.478. The molecule has 2 nitrogen and oxygen atoms in total. The summed E-state index contributed by atoms with van der Waals surface area (Å²) in [6, 6.07) is 7.05. The Hall–Kier alpha value is -1.58. The first-order valence-corrected chi connectivity index (χ1v) is 6.10. The summed E-state index contributed by atoms with van der Waals surface area (Å²) in [5.41, 5.74) is 0.993. The van der Waals surface area contributed by atoms with Gasteiger partial charge in [0.1, 0.15) is 17.9 Å². The molecule has 5 heteroatoms. The number of hydrogen-bond acceptors (Lipinski definition) is 2. The molecule has 2 aromatic rings. The van der Waals surface area contributed by atoms with Crippen LogP contribution in [0.25, 0.3) is 11.1 Å². The Morgan fingerprint density at radius 2 is 1.84 bits per heavy atom. The second-order valence-corrected chi connectivity index (χ2v) is 4.64. The molecule has 2 aromatic carbocycles. The molecule has 0 unspecified atom stereocenters.